The van der Waals surface area contributed by atoms with E-state index in [4.69, 9.17) is 5.11 Å². The SMILES string of the molecule is CC1CCC2NCC(C(=O)O)C(=O)C2C1. The molecule has 0 bridgehead atoms. The minimum absolute atomic E-state index is 0.0576. The molecule has 1 aliphatic heterocycles. The number of fused-ring (bicyclic) bond motifs is 1. The number of hydrogen-bond acceptors (Lipinski definition) is 3. The van der Waals surface area contributed by atoms with Gasteiger partial charge in [-0.05, 0) is 25.2 Å². The summed E-state index contributed by atoms with van der Waals surface area (Å²) in [7, 11) is 0. The van der Waals surface area contributed by atoms with Gasteiger partial charge in [0.05, 0.1) is 0 Å². The van der Waals surface area contributed by atoms with Crippen molar-refractivity contribution in [1.29, 1.82) is 0 Å². The minimum atomic E-state index is -0.982. The van der Waals surface area contributed by atoms with Crippen molar-refractivity contribution in [3.05, 3.63) is 0 Å². The molecule has 2 fully saturated rings. The van der Waals surface area contributed by atoms with E-state index in [1.165, 1.54) is 0 Å². The number of carbonyl (C=O) groups excluding carboxylic acids is 1. The molecular weight excluding hydrogens is 194 g/mol. The van der Waals surface area contributed by atoms with E-state index in [0.717, 1.165) is 19.3 Å². The van der Waals surface area contributed by atoms with Gasteiger partial charge in [-0.2, -0.15) is 0 Å². The molecule has 4 heteroatoms. The Morgan fingerprint density at radius 1 is 1.47 bits per heavy atom. The molecule has 0 spiro atoms. The van der Waals surface area contributed by atoms with Crippen LogP contribution in [0, 0.1) is 17.8 Å². The first-order valence-corrected chi connectivity index (χ1v) is 5.59. The molecule has 0 amide bonds. The fourth-order valence-corrected chi connectivity index (χ4v) is 2.78. The van der Waals surface area contributed by atoms with Crippen molar-refractivity contribution in [2.45, 2.75) is 32.2 Å². The summed E-state index contributed by atoms with van der Waals surface area (Å²) in [6, 6.07) is 0.226. The fraction of sp³-hybridized carbons (Fsp3) is 0.818. The Hall–Kier alpha value is -0.900. The number of aliphatic carboxylic acids is 1. The van der Waals surface area contributed by atoms with Crippen LogP contribution < -0.4 is 5.32 Å². The van der Waals surface area contributed by atoms with Gasteiger partial charge in [0.25, 0.3) is 0 Å². The molecule has 0 radical (unpaired) electrons. The molecule has 15 heavy (non-hydrogen) atoms. The van der Waals surface area contributed by atoms with Crippen LogP contribution in [0.5, 0.6) is 0 Å². The molecule has 1 saturated carbocycles. The molecule has 4 nitrogen and oxygen atoms in total. The zero-order valence-corrected chi connectivity index (χ0v) is 8.90. The molecule has 1 heterocycles. The molecule has 4 atom stereocenters. The van der Waals surface area contributed by atoms with Crippen molar-refractivity contribution >= 4 is 11.8 Å². The number of rotatable bonds is 1. The van der Waals surface area contributed by atoms with E-state index in [0.29, 0.717) is 12.5 Å². The summed E-state index contributed by atoms with van der Waals surface area (Å²) in [6.45, 7) is 2.44. The van der Waals surface area contributed by atoms with E-state index in [9.17, 15) is 9.59 Å². The number of carbonyl (C=O) groups is 2. The maximum atomic E-state index is 11.9. The average molecular weight is 211 g/mol. The highest BCUT2D eigenvalue weighted by atomic mass is 16.4. The van der Waals surface area contributed by atoms with E-state index in [1.807, 2.05) is 0 Å². The average Bonchev–Trinajstić information content (AvgIpc) is 2.19. The van der Waals surface area contributed by atoms with Gasteiger partial charge in [-0.1, -0.05) is 6.92 Å². The Morgan fingerprint density at radius 3 is 2.87 bits per heavy atom. The second-order valence-electron chi connectivity index (χ2n) is 4.83. The third-order valence-corrected chi connectivity index (χ3v) is 3.70. The summed E-state index contributed by atoms with van der Waals surface area (Å²) in [5.74, 6) is -1.38. The molecule has 84 valence electrons. The van der Waals surface area contributed by atoms with E-state index in [1.54, 1.807) is 0 Å². The quantitative estimate of drug-likeness (QED) is 0.625. The molecule has 1 saturated heterocycles. The molecule has 0 aromatic rings. The number of Topliss-reactive ketones (excluding diaryl/α,β-unsaturated/α-hetero) is 1. The lowest BCUT2D eigenvalue weighted by Crippen LogP contribution is -2.55. The van der Waals surface area contributed by atoms with E-state index in [-0.39, 0.29) is 17.7 Å². The lowest BCUT2D eigenvalue weighted by molar-refractivity contribution is -0.150. The summed E-state index contributed by atoms with van der Waals surface area (Å²) in [5.41, 5.74) is 0. The Morgan fingerprint density at radius 2 is 2.20 bits per heavy atom. The van der Waals surface area contributed by atoms with Crippen LogP contribution in [-0.2, 0) is 9.59 Å². The van der Waals surface area contributed by atoms with E-state index < -0.39 is 11.9 Å². The Balaban J connectivity index is 2.11. The van der Waals surface area contributed by atoms with Crippen LogP contribution in [0.4, 0.5) is 0 Å². The number of carboxylic acids is 1. The van der Waals surface area contributed by atoms with Crippen molar-refractivity contribution < 1.29 is 14.7 Å². The predicted molar refractivity (Wildman–Crippen MR) is 54.4 cm³/mol. The maximum absolute atomic E-state index is 11.9. The van der Waals surface area contributed by atoms with Crippen LogP contribution in [-0.4, -0.2) is 29.4 Å². The van der Waals surface area contributed by atoms with Crippen LogP contribution in [0.3, 0.4) is 0 Å². The molecular formula is C11H17NO3. The van der Waals surface area contributed by atoms with Crippen molar-refractivity contribution in [2.24, 2.45) is 17.8 Å². The molecule has 0 aromatic carbocycles. The third kappa shape index (κ3) is 1.91. The summed E-state index contributed by atoms with van der Waals surface area (Å²) in [6.07, 6.45) is 2.99. The number of ketones is 1. The largest absolute Gasteiger partial charge is 0.481 e. The van der Waals surface area contributed by atoms with E-state index >= 15 is 0 Å². The molecule has 2 aliphatic rings. The lowest BCUT2D eigenvalue weighted by atomic mass is 9.72. The molecule has 2 N–H and O–H groups in total. The molecule has 1 aliphatic carbocycles. The monoisotopic (exact) mass is 211 g/mol. The van der Waals surface area contributed by atoms with Crippen LogP contribution in [0.2, 0.25) is 0 Å². The van der Waals surface area contributed by atoms with Crippen LogP contribution in [0.15, 0.2) is 0 Å². The van der Waals surface area contributed by atoms with Gasteiger partial charge in [0, 0.05) is 18.5 Å². The summed E-state index contributed by atoms with van der Waals surface area (Å²) >= 11 is 0. The molecule has 4 unspecified atom stereocenters. The van der Waals surface area contributed by atoms with Crippen molar-refractivity contribution in [3.8, 4) is 0 Å². The standard InChI is InChI=1S/C11H17NO3/c1-6-2-3-9-7(4-6)10(13)8(5-12-9)11(14)15/h6-9,12H,2-5H2,1H3,(H,14,15). The maximum Gasteiger partial charge on any atom is 0.315 e. The highest BCUT2D eigenvalue weighted by Gasteiger charge is 2.43. The molecule has 0 aromatic heterocycles. The van der Waals surface area contributed by atoms with E-state index in [2.05, 4.69) is 12.2 Å². The summed E-state index contributed by atoms with van der Waals surface area (Å²) < 4.78 is 0. The van der Waals surface area contributed by atoms with Gasteiger partial charge in [-0.15, -0.1) is 0 Å². The molecule has 2 rings (SSSR count). The summed E-state index contributed by atoms with van der Waals surface area (Å²) in [4.78, 5) is 22.8. The van der Waals surface area contributed by atoms with Crippen LogP contribution in [0.25, 0.3) is 0 Å². The van der Waals surface area contributed by atoms with Gasteiger partial charge < -0.3 is 10.4 Å². The first-order valence-electron chi connectivity index (χ1n) is 5.59. The van der Waals surface area contributed by atoms with Crippen LogP contribution in [0.1, 0.15) is 26.2 Å². The van der Waals surface area contributed by atoms with Gasteiger partial charge in [0.2, 0.25) is 0 Å². The van der Waals surface area contributed by atoms with Gasteiger partial charge in [0.15, 0.2) is 5.78 Å². The Labute approximate surface area is 89.0 Å². The number of carboxylic acid groups (broad SMARTS) is 1. The zero-order valence-electron chi connectivity index (χ0n) is 8.90. The highest BCUT2D eigenvalue weighted by molar-refractivity contribution is 6.00. The fourth-order valence-electron chi connectivity index (χ4n) is 2.78. The van der Waals surface area contributed by atoms with Crippen LogP contribution >= 0.6 is 0 Å². The zero-order chi connectivity index (χ0) is 11.0. The van der Waals surface area contributed by atoms with Gasteiger partial charge in [0.1, 0.15) is 5.92 Å². The van der Waals surface area contributed by atoms with Crippen molar-refractivity contribution in [3.63, 3.8) is 0 Å². The minimum Gasteiger partial charge on any atom is -0.481 e. The highest BCUT2D eigenvalue weighted by Crippen LogP contribution is 2.33. The third-order valence-electron chi connectivity index (χ3n) is 3.70. The van der Waals surface area contributed by atoms with Gasteiger partial charge in [-0.3, -0.25) is 9.59 Å². The second-order valence-corrected chi connectivity index (χ2v) is 4.83. The van der Waals surface area contributed by atoms with Gasteiger partial charge in [-0.25, -0.2) is 0 Å². The topological polar surface area (TPSA) is 66.4 Å². The number of piperidine rings is 1. The smallest absolute Gasteiger partial charge is 0.315 e. The second kappa shape index (κ2) is 3.93. The first kappa shape index (κ1) is 10.6. The lowest BCUT2D eigenvalue weighted by Gasteiger charge is -2.39. The normalized spacial score (nSPS) is 41.0. The number of hydrogen-bond donors (Lipinski definition) is 2. The first-order chi connectivity index (χ1) is 7.09. The van der Waals surface area contributed by atoms with Crippen molar-refractivity contribution in [2.75, 3.05) is 6.54 Å². The Bertz CT molecular complexity index is 290. The van der Waals surface area contributed by atoms with Gasteiger partial charge >= 0.3 is 5.97 Å². The number of nitrogens with one attached hydrogen (secondary N) is 1. The predicted octanol–water partition coefficient (Wildman–Crippen LogP) is 0.664. The van der Waals surface area contributed by atoms with Crippen molar-refractivity contribution in [1.82, 2.24) is 5.32 Å². The summed E-state index contributed by atoms with van der Waals surface area (Å²) in [5, 5.41) is 12.1. The Kier molecular flexibility index (Phi) is 2.78.